The van der Waals surface area contributed by atoms with E-state index in [1.807, 2.05) is 13.0 Å². The van der Waals surface area contributed by atoms with Crippen LogP contribution < -0.4 is 0 Å². The molecule has 1 aliphatic carbocycles. The van der Waals surface area contributed by atoms with Gasteiger partial charge in [-0.15, -0.1) is 0 Å². The zero-order chi connectivity index (χ0) is 7.56. The van der Waals surface area contributed by atoms with Crippen LogP contribution in [0.4, 0.5) is 4.39 Å². The first-order valence-corrected chi connectivity index (χ1v) is 3.44. The van der Waals surface area contributed by atoms with Gasteiger partial charge in [0.15, 0.2) is 0 Å². The van der Waals surface area contributed by atoms with Gasteiger partial charge in [-0.05, 0) is 18.9 Å². The van der Waals surface area contributed by atoms with E-state index in [-0.39, 0.29) is 5.83 Å². The standard InChI is InChI=1S/C9H11F/c1-3-8-7(2)5-4-6-9(8)10/h3,5H,1,4,6H2,2H3. The van der Waals surface area contributed by atoms with Crippen molar-refractivity contribution in [3.8, 4) is 0 Å². The summed E-state index contributed by atoms with van der Waals surface area (Å²) in [6.07, 6.45) is 4.99. The minimum atomic E-state index is -0.0185. The van der Waals surface area contributed by atoms with Crippen molar-refractivity contribution in [2.45, 2.75) is 19.8 Å². The van der Waals surface area contributed by atoms with Gasteiger partial charge in [0.2, 0.25) is 0 Å². The lowest BCUT2D eigenvalue weighted by Crippen LogP contribution is -1.92. The Balaban J connectivity index is 2.97. The maximum Gasteiger partial charge on any atom is 0.108 e. The van der Waals surface area contributed by atoms with E-state index in [0.717, 1.165) is 12.0 Å². The summed E-state index contributed by atoms with van der Waals surface area (Å²) in [6.45, 7) is 5.46. The van der Waals surface area contributed by atoms with E-state index in [0.29, 0.717) is 12.0 Å². The van der Waals surface area contributed by atoms with Crippen LogP contribution in [0.3, 0.4) is 0 Å². The molecule has 0 unspecified atom stereocenters. The number of hydrogen-bond acceptors (Lipinski definition) is 0. The lowest BCUT2D eigenvalue weighted by Gasteiger charge is -2.10. The summed E-state index contributed by atoms with van der Waals surface area (Å²) in [5.74, 6) is -0.0185. The molecule has 0 nitrogen and oxygen atoms in total. The highest BCUT2D eigenvalue weighted by atomic mass is 19.1. The Kier molecular flexibility index (Phi) is 2.05. The van der Waals surface area contributed by atoms with Crippen molar-refractivity contribution in [3.63, 3.8) is 0 Å². The Hall–Kier alpha value is -0.850. The average molecular weight is 138 g/mol. The van der Waals surface area contributed by atoms with Gasteiger partial charge in [-0.2, -0.15) is 0 Å². The lowest BCUT2D eigenvalue weighted by atomic mass is 9.98. The zero-order valence-electron chi connectivity index (χ0n) is 6.15. The van der Waals surface area contributed by atoms with Crippen molar-refractivity contribution in [2.24, 2.45) is 0 Å². The molecule has 0 spiro atoms. The molecular weight excluding hydrogens is 127 g/mol. The molecule has 0 saturated carbocycles. The number of allylic oxidation sites excluding steroid dienone is 5. The fourth-order valence-electron chi connectivity index (χ4n) is 1.15. The summed E-state index contributed by atoms with van der Waals surface area (Å²) in [6, 6.07) is 0. The Morgan fingerprint density at radius 1 is 1.70 bits per heavy atom. The predicted octanol–water partition coefficient (Wildman–Crippen LogP) is 3.14. The van der Waals surface area contributed by atoms with Gasteiger partial charge in [-0.3, -0.25) is 0 Å². The fourth-order valence-corrected chi connectivity index (χ4v) is 1.15. The summed E-state index contributed by atoms with van der Waals surface area (Å²) in [5.41, 5.74) is 1.70. The number of hydrogen-bond donors (Lipinski definition) is 0. The average Bonchev–Trinajstić information content (AvgIpc) is 1.88. The normalized spacial score (nSPS) is 18.8. The van der Waals surface area contributed by atoms with E-state index in [1.165, 1.54) is 0 Å². The van der Waals surface area contributed by atoms with Gasteiger partial charge >= 0.3 is 0 Å². The van der Waals surface area contributed by atoms with Crippen molar-refractivity contribution in [1.82, 2.24) is 0 Å². The van der Waals surface area contributed by atoms with Gasteiger partial charge in [-0.25, -0.2) is 4.39 Å². The van der Waals surface area contributed by atoms with E-state index < -0.39 is 0 Å². The highest BCUT2D eigenvalue weighted by Gasteiger charge is 2.08. The summed E-state index contributed by atoms with van der Waals surface area (Å²) < 4.78 is 12.9. The van der Waals surface area contributed by atoms with Gasteiger partial charge in [0.05, 0.1) is 0 Å². The highest BCUT2D eigenvalue weighted by molar-refractivity contribution is 5.41. The van der Waals surface area contributed by atoms with E-state index in [1.54, 1.807) is 6.08 Å². The van der Waals surface area contributed by atoms with Gasteiger partial charge in [0.1, 0.15) is 5.83 Å². The second kappa shape index (κ2) is 2.82. The molecule has 1 aliphatic rings. The molecule has 0 heterocycles. The molecule has 1 heteroatoms. The molecule has 0 aromatic heterocycles. The Bertz CT molecular complexity index is 209. The predicted molar refractivity (Wildman–Crippen MR) is 41.3 cm³/mol. The minimum Gasteiger partial charge on any atom is -0.211 e. The molecule has 1 rings (SSSR count). The number of halogens is 1. The SMILES string of the molecule is C=CC1=C(F)CCC=C1C. The van der Waals surface area contributed by atoms with Crippen LogP contribution in [-0.2, 0) is 0 Å². The molecule has 10 heavy (non-hydrogen) atoms. The Morgan fingerprint density at radius 3 is 2.80 bits per heavy atom. The second-order valence-corrected chi connectivity index (χ2v) is 2.45. The molecule has 0 N–H and O–H groups in total. The molecule has 0 saturated heterocycles. The van der Waals surface area contributed by atoms with Crippen LogP contribution in [-0.4, -0.2) is 0 Å². The van der Waals surface area contributed by atoms with Crippen LogP contribution >= 0.6 is 0 Å². The molecule has 0 bridgehead atoms. The van der Waals surface area contributed by atoms with Crippen LogP contribution in [0.5, 0.6) is 0 Å². The number of rotatable bonds is 1. The minimum absolute atomic E-state index is 0.0185. The molecule has 0 aromatic rings. The smallest absolute Gasteiger partial charge is 0.108 e. The monoisotopic (exact) mass is 138 g/mol. The summed E-state index contributed by atoms with van der Waals surface area (Å²) in [4.78, 5) is 0. The summed E-state index contributed by atoms with van der Waals surface area (Å²) in [5, 5.41) is 0. The molecule has 54 valence electrons. The van der Waals surface area contributed by atoms with Crippen LogP contribution in [0.2, 0.25) is 0 Å². The fraction of sp³-hybridized carbons (Fsp3) is 0.333. The van der Waals surface area contributed by atoms with E-state index in [2.05, 4.69) is 6.58 Å². The quantitative estimate of drug-likeness (QED) is 0.522. The van der Waals surface area contributed by atoms with Crippen molar-refractivity contribution in [1.29, 1.82) is 0 Å². The van der Waals surface area contributed by atoms with Crippen LogP contribution in [0.15, 0.2) is 35.7 Å². The molecule has 0 radical (unpaired) electrons. The maximum atomic E-state index is 12.9. The molecule has 0 amide bonds. The highest BCUT2D eigenvalue weighted by Crippen LogP contribution is 2.25. The van der Waals surface area contributed by atoms with Gasteiger partial charge in [0, 0.05) is 12.0 Å². The maximum absolute atomic E-state index is 12.9. The first-order valence-electron chi connectivity index (χ1n) is 3.44. The van der Waals surface area contributed by atoms with Crippen LogP contribution in [0.25, 0.3) is 0 Å². The topological polar surface area (TPSA) is 0 Å². The first-order chi connectivity index (χ1) is 4.75. The zero-order valence-corrected chi connectivity index (χ0v) is 6.15. The second-order valence-electron chi connectivity index (χ2n) is 2.45. The third-order valence-electron chi connectivity index (χ3n) is 1.74. The van der Waals surface area contributed by atoms with E-state index >= 15 is 0 Å². The third kappa shape index (κ3) is 1.18. The third-order valence-corrected chi connectivity index (χ3v) is 1.74. The van der Waals surface area contributed by atoms with Crippen LogP contribution in [0, 0.1) is 0 Å². The molecular formula is C9H11F. The van der Waals surface area contributed by atoms with Crippen molar-refractivity contribution in [3.05, 3.63) is 35.7 Å². The van der Waals surface area contributed by atoms with E-state index in [4.69, 9.17) is 0 Å². The lowest BCUT2D eigenvalue weighted by molar-refractivity contribution is 0.578. The van der Waals surface area contributed by atoms with E-state index in [9.17, 15) is 4.39 Å². The summed E-state index contributed by atoms with van der Waals surface area (Å²) in [7, 11) is 0. The summed E-state index contributed by atoms with van der Waals surface area (Å²) >= 11 is 0. The Morgan fingerprint density at radius 2 is 2.40 bits per heavy atom. The molecule has 0 atom stereocenters. The van der Waals surface area contributed by atoms with Gasteiger partial charge < -0.3 is 0 Å². The van der Waals surface area contributed by atoms with Crippen molar-refractivity contribution >= 4 is 0 Å². The van der Waals surface area contributed by atoms with Crippen molar-refractivity contribution in [2.75, 3.05) is 0 Å². The molecule has 0 aliphatic heterocycles. The first kappa shape index (κ1) is 7.26. The van der Waals surface area contributed by atoms with Crippen LogP contribution in [0.1, 0.15) is 19.8 Å². The van der Waals surface area contributed by atoms with Crippen molar-refractivity contribution < 1.29 is 4.39 Å². The molecule has 0 fully saturated rings. The Labute approximate surface area is 60.7 Å². The molecule has 0 aromatic carbocycles. The van der Waals surface area contributed by atoms with Gasteiger partial charge in [-0.1, -0.05) is 18.7 Å². The van der Waals surface area contributed by atoms with Gasteiger partial charge in [0.25, 0.3) is 0 Å². The largest absolute Gasteiger partial charge is 0.211 e.